The normalized spacial score (nSPS) is 20.4. The van der Waals surface area contributed by atoms with Crippen LogP contribution in [0.3, 0.4) is 0 Å². The molecular formula is C15H20N2O2S. The topological polar surface area (TPSA) is 70.0 Å². The molecule has 0 amide bonds. The minimum atomic E-state index is -3.55. The predicted octanol–water partition coefficient (Wildman–Crippen LogP) is 2.58. The van der Waals surface area contributed by atoms with Crippen molar-refractivity contribution in [2.24, 2.45) is 10.8 Å². The molecule has 0 aromatic heterocycles. The van der Waals surface area contributed by atoms with Crippen LogP contribution in [0.2, 0.25) is 0 Å². The van der Waals surface area contributed by atoms with Crippen LogP contribution in [0.15, 0.2) is 23.1 Å². The van der Waals surface area contributed by atoms with Crippen LogP contribution in [0.4, 0.5) is 0 Å². The molecule has 1 aromatic carbocycles. The molecule has 1 aliphatic rings. The Morgan fingerprint density at radius 2 is 1.75 bits per heavy atom. The van der Waals surface area contributed by atoms with Gasteiger partial charge in [-0.3, -0.25) is 0 Å². The molecule has 0 atom stereocenters. The van der Waals surface area contributed by atoms with Crippen LogP contribution in [0.25, 0.3) is 0 Å². The molecular weight excluding hydrogens is 272 g/mol. The number of hydrogen-bond acceptors (Lipinski definition) is 3. The Hall–Kier alpha value is -1.38. The van der Waals surface area contributed by atoms with Gasteiger partial charge in [0.05, 0.1) is 16.5 Å². The lowest BCUT2D eigenvalue weighted by atomic mass is 10.0. The summed E-state index contributed by atoms with van der Waals surface area (Å²) in [5, 5.41) is 8.89. The first-order valence-corrected chi connectivity index (χ1v) is 8.05. The predicted molar refractivity (Wildman–Crippen MR) is 77.6 cm³/mol. The van der Waals surface area contributed by atoms with E-state index in [0.29, 0.717) is 11.1 Å². The second-order valence-electron chi connectivity index (χ2n) is 6.59. The van der Waals surface area contributed by atoms with Crippen molar-refractivity contribution in [3.63, 3.8) is 0 Å². The summed E-state index contributed by atoms with van der Waals surface area (Å²) in [6, 6.07) is 6.54. The van der Waals surface area contributed by atoms with Gasteiger partial charge in [0.1, 0.15) is 0 Å². The Bertz CT molecular complexity index is 683. The van der Waals surface area contributed by atoms with E-state index in [0.717, 1.165) is 0 Å². The lowest BCUT2D eigenvalue weighted by molar-refractivity contribution is 0.457. The first-order chi connectivity index (χ1) is 9.04. The quantitative estimate of drug-likeness (QED) is 0.931. The summed E-state index contributed by atoms with van der Waals surface area (Å²) in [6.45, 7) is 9.98. The monoisotopic (exact) mass is 292 g/mol. The first kappa shape index (κ1) is 15.0. The third-order valence-electron chi connectivity index (χ3n) is 4.92. The maximum atomic E-state index is 12.4. The highest BCUT2D eigenvalue weighted by atomic mass is 32.2. The van der Waals surface area contributed by atoms with Crippen LogP contribution < -0.4 is 4.72 Å². The standard InChI is InChI=1S/C15H20N2O2S/c1-10-8-12(7-6-11(10)9-16)20(18,19)17-13-14(2,3)15(13,4)5/h6-8,13,17H,1-5H3. The van der Waals surface area contributed by atoms with Gasteiger partial charge in [0.15, 0.2) is 0 Å². The fraction of sp³-hybridized carbons (Fsp3) is 0.533. The van der Waals surface area contributed by atoms with Gasteiger partial charge in [0, 0.05) is 6.04 Å². The summed E-state index contributed by atoms with van der Waals surface area (Å²) < 4.78 is 27.6. The molecule has 1 aromatic rings. The first-order valence-electron chi connectivity index (χ1n) is 6.57. The van der Waals surface area contributed by atoms with Gasteiger partial charge in [-0.1, -0.05) is 27.7 Å². The molecule has 0 bridgehead atoms. The van der Waals surface area contributed by atoms with Crippen LogP contribution in [0.1, 0.15) is 38.8 Å². The third kappa shape index (κ3) is 2.13. The van der Waals surface area contributed by atoms with E-state index in [-0.39, 0.29) is 21.8 Å². The fourth-order valence-electron chi connectivity index (χ4n) is 2.64. The molecule has 4 nitrogen and oxygen atoms in total. The van der Waals surface area contributed by atoms with Crippen molar-refractivity contribution in [2.45, 2.75) is 45.6 Å². The van der Waals surface area contributed by atoms with Gasteiger partial charge in [-0.2, -0.15) is 5.26 Å². The number of rotatable bonds is 3. The summed E-state index contributed by atoms with van der Waals surface area (Å²) in [4.78, 5) is 0.215. The highest BCUT2D eigenvalue weighted by molar-refractivity contribution is 7.89. The molecule has 2 rings (SSSR count). The molecule has 1 fully saturated rings. The van der Waals surface area contributed by atoms with E-state index in [1.165, 1.54) is 6.07 Å². The summed E-state index contributed by atoms with van der Waals surface area (Å²) >= 11 is 0. The van der Waals surface area contributed by atoms with Gasteiger partial charge in [0.2, 0.25) is 10.0 Å². The van der Waals surface area contributed by atoms with E-state index in [9.17, 15) is 8.42 Å². The smallest absolute Gasteiger partial charge is 0.207 e. The van der Waals surface area contributed by atoms with E-state index >= 15 is 0 Å². The maximum absolute atomic E-state index is 12.4. The number of nitrogens with zero attached hydrogens (tertiary/aromatic N) is 1. The zero-order chi connectivity index (χ0) is 15.3. The van der Waals surface area contributed by atoms with Gasteiger partial charge in [-0.25, -0.2) is 13.1 Å². The maximum Gasteiger partial charge on any atom is 0.240 e. The van der Waals surface area contributed by atoms with Crippen molar-refractivity contribution in [1.82, 2.24) is 4.72 Å². The second kappa shape index (κ2) is 4.31. The van der Waals surface area contributed by atoms with Gasteiger partial charge in [0.25, 0.3) is 0 Å². The number of aryl methyl sites for hydroxylation is 1. The van der Waals surface area contributed by atoms with Crippen LogP contribution in [-0.2, 0) is 10.0 Å². The number of nitriles is 1. The Morgan fingerprint density at radius 1 is 1.20 bits per heavy atom. The van der Waals surface area contributed by atoms with Crippen molar-refractivity contribution < 1.29 is 8.42 Å². The van der Waals surface area contributed by atoms with Crippen molar-refractivity contribution in [3.8, 4) is 6.07 Å². The summed E-state index contributed by atoms with van der Waals surface area (Å²) in [6.07, 6.45) is 0. The molecule has 0 radical (unpaired) electrons. The lowest BCUT2D eigenvalue weighted by Crippen LogP contribution is -2.30. The Labute approximate surface area is 120 Å². The zero-order valence-electron chi connectivity index (χ0n) is 12.5. The average molecular weight is 292 g/mol. The van der Waals surface area contributed by atoms with Gasteiger partial charge >= 0.3 is 0 Å². The second-order valence-corrected chi connectivity index (χ2v) is 8.30. The molecule has 20 heavy (non-hydrogen) atoms. The zero-order valence-corrected chi connectivity index (χ0v) is 13.3. The van der Waals surface area contributed by atoms with Crippen molar-refractivity contribution in [3.05, 3.63) is 29.3 Å². The molecule has 0 aliphatic heterocycles. The Kier molecular flexibility index (Phi) is 3.23. The molecule has 0 saturated heterocycles. The summed E-state index contributed by atoms with van der Waals surface area (Å²) in [5.41, 5.74) is 1.06. The Morgan fingerprint density at radius 3 is 2.15 bits per heavy atom. The Balaban J connectivity index is 2.30. The number of hydrogen-bond donors (Lipinski definition) is 1. The highest BCUT2D eigenvalue weighted by Crippen LogP contribution is 2.62. The van der Waals surface area contributed by atoms with Gasteiger partial charge in [-0.15, -0.1) is 0 Å². The molecule has 0 heterocycles. The van der Waals surface area contributed by atoms with Crippen LogP contribution >= 0.6 is 0 Å². The molecule has 108 valence electrons. The minimum absolute atomic E-state index is 0.0539. The molecule has 1 aliphatic carbocycles. The van der Waals surface area contributed by atoms with Crippen LogP contribution in [0, 0.1) is 29.1 Å². The molecule has 0 spiro atoms. The number of sulfonamides is 1. The van der Waals surface area contributed by atoms with E-state index in [4.69, 9.17) is 5.26 Å². The van der Waals surface area contributed by atoms with Crippen molar-refractivity contribution >= 4 is 10.0 Å². The van der Waals surface area contributed by atoms with E-state index in [2.05, 4.69) is 32.4 Å². The number of benzene rings is 1. The van der Waals surface area contributed by atoms with E-state index in [1.807, 2.05) is 6.07 Å². The molecule has 1 saturated carbocycles. The molecule has 0 unspecified atom stereocenters. The highest BCUT2D eigenvalue weighted by Gasteiger charge is 2.66. The summed E-state index contributed by atoms with van der Waals surface area (Å²) in [5.74, 6) is 0. The summed E-state index contributed by atoms with van der Waals surface area (Å²) in [7, 11) is -3.55. The molecule has 1 N–H and O–H groups in total. The van der Waals surface area contributed by atoms with Gasteiger partial charge < -0.3 is 0 Å². The molecule has 5 heteroatoms. The fourth-order valence-corrected chi connectivity index (χ4v) is 4.26. The van der Waals surface area contributed by atoms with Gasteiger partial charge in [-0.05, 0) is 41.5 Å². The van der Waals surface area contributed by atoms with E-state index < -0.39 is 10.0 Å². The number of nitrogens with one attached hydrogen (secondary N) is 1. The lowest BCUT2D eigenvalue weighted by Gasteiger charge is -2.09. The van der Waals surface area contributed by atoms with Crippen molar-refractivity contribution in [1.29, 1.82) is 5.26 Å². The average Bonchev–Trinajstić information content (AvgIpc) is 2.71. The SMILES string of the molecule is Cc1cc(S(=O)(=O)NC2C(C)(C)C2(C)C)ccc1C#N. The third-order valence-corrected chi connectivity index (χ3v) is 6.34. The van der Waals surface area contributed by atoms with Crippen LogP contribution in [-0.4, -0.2) is 14.5 Å². The van der Waals surface area contributed by atoms with E-state index in [1.54, 1.807) is 19.1 Å². The minimum Gasteiger partial charge on any atom is -0.207 e. The van der Waals surface area contributed by atoms with Crippen LogP contribution in [0.5, 0.6) is 0 Å². The van der Waals surface area contributed by atoms with Crippen molar-refractivity contribution in [2.75, 3.05) is 0 Å². The largest absolute Gasteiger partial charge is 0.240 e.